The van der Waals surface area contributed by atoms with E-state index in [-0.39, 0.29) is 12.0 Å². The maximum atomic E-state index is 12.8. The number of carbonyl (C=O) groups excluding carboxylic acids is 3. The number of esters is 1. The molecule has 1 saturated heterocycles. The normalized spacial score (nSPS) is 29.5. The molecule has 3 aliphatic rings. The highest BCUT2D eigenvalue weighted by Crippen LogP contribution is 2.39. The zero-order valence-electron chi connectivity index (χ0n) is 15.6. The van der Waals surface area contributed by atoms with Gasteiger partial charge in [-0.25, -0.2) is 14.5 Å². The van der Waals surface area contributed by atoms with Gasteiger partial charge in [-0.15, -0.1) is 0 Å². The summed E-state index contributed by atoms with van der Waals surface area (Å²) in [4.78, 5) is 38.0. The van der Waals surface area contributed by atoms with Crippen molar-refractivity contribution in [1.29, 1.82) is 0 Å². The van der Waals surface area contributed by atoms with Crippen molar-refractivity contribution in [1.82, 2.24) is 4.90 Å². The lowest BCUT2D eigenvalue weighted by molar-refractivity contribution is -0.153. The first-order valence-electron chi connectivity index (χ1n) is 8.57. The molecule has 0 bridgehead atoms. The van der Waals surface area contributed by atoms with E-state index in [1.807, 2.05) is 12.2 Å². The van der Waals surface area contributed by atoms with Crippen LogP contribution < -0.4 is 0 Å². The third-order valence-electron chi connectivity index (χ3n) is 4.67. The highest BCUT2D eigenvalue weighted by atomic mass is 16.7. The maximum Gasteiger partial charge on any atom is 0.417 e. The van der Waals surface area contributed by atoms with Crippen LogP contribution in [0.25, 0.3) is 0 Å². The summed E-state index contributed by atoms with van der Waals surface area (Å²) in [6, 6.07) is -0.378. The molecule has 0 aromatic rings. The van der Waals surface area contributed by atoms with Gasteiger partial charge in [0.2, 0.25) is 0 Å². The summed E-state index contributed by atoms with van der Waals surface area (Å²) in [6.07, 6.45) is 4.19. The third kappa shape index (κ3) is 3.13. The standard InChI is InChI=1S/C19H23NO6/c1-10-11(2)17(25-16(10)22)24-9-13-12-7-6-8-14(12)20(15(13)21)18(23)26-19(3,4)5/h6,8-9,12,14,17H,7H2,1-5H3/b13-9+/t12-,14-,17?/m1/s1. The fourth-order valence-electron chi connectivity index (χ4n) is 3.18. The summed E-state index contributed by atoms with van der Waals surface area (Å²) >= 11 is 0. The topological polar surface area (TPSA) is 82.1 Å². The number of imide groups is 1. The molecule has 0 aromatic carbocycles. The molecular weight excluding hydrogens is 338 g/mol. The lowest BCUT2D eigenvalue weighted by Crippen LogP contribution is -2.42. The van der Waals surface area contributed by atoms with E-state index < -0.39 is 29.9 Å². The van der Waals surface area contributed by atoms with E-state index in [1.165, 1.54) is 6.26 Å². The molecular formula is C19H23NO6. The molecule has 3 rings (SSSR count). The Morgan fingerprint density at radius 2 is 2.00 bits per heavy atom. The summed E-state index contributed by atoms with van der Waals surface area (Å²) in [5.41, 5.74) is 0.846. The van der Waals surface area contributed by atoms with Crippen LogP contribution in [-0.4, -0.2) is 40.8 Å². The van der Waals surface area contributed by atoms with Gasteiger partial charge in [-0.05, 0) is 41.0 Å². The summed E-state index contributed by atoms with van der Waals surface area (Å²) in [6.45, 7) is 8.65. The lowest BCUT2D eigenvalue weighted by atomic mass is 9.98. The minimum absolute atomic E-state index is 0.183. The summed E-state index contributed by atoms with van der Waals surface area (Å²) in [5.74, 6) is -1.06. The van der Waals surface area contributed by atoms with Crippen LogP contribution in [-0.2, 0) is 23.8 Å². The molecule has 1 fully saturated rings. The number of fused-ring (bicyclic) bond motifs is 1. The van der Waals surface area contributed by atoms with Crippen LogP contribution in [0.15, 0.2) is 35.1 Å². The second-order valence-electron chi connectivity index (χ2n) is 7.67. The van der Waals surface area contributed by atoms with Crippen molar-refractivity contribution in [3.63, 3.8) is 0 Å². The number of rotatable bonds is 2. The fourth-order valence-corrected chi connectivity index (χ4v) is 3.18. The Labute approximate surface area is 152 Å². The molecule has 1 aliphatic carbocycles. The van der Waals surface area contributed by atoms with Crippen molar-refractivity contribution in [2.24, 2.45) is 5.92 Å². The van der Waals surface area contributed by atoms with E-state index in [9.17, 15) is 14.4 Å². The number of likely N-dealkylation sites (tertiary alicyclic amines) is 1. The van der Waals surface area contributed by atoms with Gasteiger partial charge >= 0.3 is 12.1 Å². The number of hydrogen-bond donors (Lipinski definition) is 0. The molecule has 0 aromatic heterocycles. The minimum atomic E-state index is -0.841. The molecule has 0 spiro atoms. The first-order chi connectivity index (χ1) is 12.1. The Hall–Kier alpha value is -2.57. The highest BCUT2D eigenvalue weighted by Gasteiger charge is 2.49. The van der Waals surface area contributed by atoms with Crippen LogP contribution in [0.4, 0.5) is 4.79 Å². The highest BCUT2D eigenvalue weighted by molar-refractivity contribution is 6.06. The van der Waals surface area contributed by atoms with Crippen molar-refractivity contribution in [3.05, 3.63) is 35.1 Å². The molecule has 0 radical (unpaired) electrons. The van der Waals surface area contributed by atoms with Crippen molar-refractivity contribution in [2.45, 2.75) is 59.0 Å². The Balaban J connectivity index is 1.80. The first kappa shape index (κ1) is 18.2. The number of amides is 2. The van der Waals surface area contributed by atoms with E-state index in [0.717, 1.165) is 4.90 Å². The van der Waals surface area contributed by atoms with Crippen LogP contribution in [0.1, 0.15) is 41.0 Å². The molecule has 0 saturated carbocycles. The molecule has 7 nitrogen and oxygen atoms in total. The third-order valence-corrected chi connectivity index (χ3v) is 4.67. The zero-order chi connectivity index (χ0) is 19.2. The summed E-state index contributed by atoms with van der Waals surface area (Å²) in [5, 5.41) is 0. The molecule has 2 heterocycles. The molecule has 2 amide bonds. The van der Waals surface area contributed by atoms with E-state index in [4.69, 9.17) is 14.2 Å². The second kappa shape index (κ2) is 6.30. The van der Waals surface area contributed by atoms with Crippen LogP contribution in [0.2, 0.25) is 0 Å². The quantitative estimate of drug-likeness (QED) is 0.326. The first-order valence-corrected chi connectivity index (χ1v) is 8.57. The largest absolute Gasteiger partial charge is 0.458 e. The summed E-state index contributed by atoms with van der Waals surface area (Å²) in [7, 11) is 0. The average molecular weight is 361 g/mol. The Kier molecular flexibility index (Phi) is 4.42. The predicted octanol–water partition coefficient (Wildman–Crippen LogP) is 2.83. The van der Waals surface area contributed by atoms with E-state index in [0.29, 0.717) is 23.1 Å². The molecule has 140 valence electrons. The number of allylic oxidation sites excluding steroid dienone is 1. The van der Waals surface area contributed by atoms with Crippen molar-refractivity contribution in [3.8, 4) is 0 Å². The smallest absolute Gasteiger partial charge is 0.417 e. The van der Waals surface area contributed by atoms with Crippen LogP contribution in [0.3, 0.4) is 0 Å². The number of nitrogens with zero attached hydrogens (tertiary/aromatic N) is 1. The minimum Gasteiger partial charge on any atom is -0.458 e. The van der Waals surface area contributed by atoms with E-state index >= 15 is 0 Å². The van der Waals surface area contributed by atoms with Crippen LogP contribution in [0.5, 0.6) is 0 Å². The van der Waals surface area contributed by atoms with Gasteiger partial charge in [-0.2, -0.15) is 0 Å². The van der Waals surface area contributed by atoms with Gasteiger partial charge in [0.15, 0.2) is 0 Å². The Bertz CT molecular complexity index is 754. The predicted molar refractivity (Wildman–Crippen MR) is 91.5 cm³/mol. The maximum absolute atomic E-state index is 12.8. The van der Waals surface area contributed by atoms with Gasteiger partial charge in [-0.3, -0.25) is 4.79 Å². The van der Waals surface area contributed by atoms with Gasteiger partial charge in [-0.1, -0.05) is 12.2 Å². The van der Waals surface area contributed by atoms with E-state index in [1.54, 1.807) is 34.6 Å². The number of ether oxygens (including phenoxy) is 3. The Morgan fingerprint density at radius 1 is 1.31 bits per heavy atom. The Morgan fingerprint density at radius 3 is 2.58 bits per heavy atom. The van der Waals surface area contributed by atoms with Crippen molar-refractivity contribution < 1.29 is 28.6 Å². The summed E-state index contributed by atoms with van der Waals surface area (Å²) < 4.78 is 16.0. The van der Waals surface area contributed by atoms with Gasteiger partial charge in [0, 0.05) is 17.1 Å². The second-order valence-corrected chi connectivity index (χ2v) is 7.67. The molecule has 3 atom stereocenters. The SMILES string of the molecule is CC1=C(C)C(O/C=C2/C(=O)N(C(=O)OC(C)(C)C)[C@@H]3C=CC[C@H]23)OC1=O. The molecule has 0 N–H and O–H groups in total. The zero-order valence-corrected chi connectivity index (χ0v) is 15.6. The van der Waals surface area contributed by atoms with Gasteiger partial charge in [0.25, 0.3) is 12.2 Å². The fraction of sp³-hybridized carbons (Fsp3) is 0.526. The number of carbonyl (C=O) groups is 3. The average Bonchev–Trinajstić information content (AvgIpc) is 3.14. The number of cyclic esters (lactones) is 1. The molecule has 26 heavy (non-hydrogen) atoms. The molecule has 2 aliphatic heterocycles. The van der Waals surface area contributed by atoms with Gasteiger partial charge in [0.1, 0.15) is 5.60 Å². The molecule has 1 unspecified atom stereocenters. The van der Waals surface area contributed by atoms with Gasteiger partial charge < -0.3 is 14.2 Å². The van der Waals surface area contributed by atoms with Crippen molar-refractivity contribution >= 4 is 18.0 Å². The monoisotopic (exact) mass is 361 g/mol. The van der Waals surface area contributed by atoms with Crippen molar-refractivity contribution in [2.75, 3.05) is 0 Å². The lowest BCUT2D eigenvalue weighted by Gasteiger charge is -2.25. The molecule has 7 heteroatoms. The van der Waals surface area contributed by atoms with Crippen LogP contribution >= 0.6 is 0 Å². The van der Waals surface area contributed by atoms with E-state index in [2.05, 4.69) is 0 Å². The van der Waals surface area contributed by atoms with Gasteiger partial charge in [0.05, 0.1) is 17.9 Å². The van der Waals surface area contributed by atoms with Crippen LogP contribution in [0, 0.1) is 5.92 Å². The number of hydrogen-bond acceptors (Lipinski definition) is 6.